The van der Waals surface area contributed by atoms with Crippen LogP contribution in [0, 0.1) is 6.92 Å². The van der Waals surface area contributed by atoms with Crippen molar-refractivity contribution in [1.82, 2.24) is 9.71 Å². The van der Waals surface area contributed by atoms with Crippen LogP contribution in [0.25, 0.3) is 11.3 Å². The number of rotatable bonds is 4. The van der Waals surface area contributed by atoms with Crippen LogP contribution in [-0.4, -0.2) is 19.4 Å². The van der Waals surface area contributed by atoms with E-state index in [0.717, 1.165) is 31.2 Å². The highest BCUT2D eigenvalue weighted by Gasteiger charge is 2.21. The van der Waals surface area contributed by atoms with Gasteiger partial charge in [0.15, 0.2) is 11.7 Å². The molecule has 0 bridgehead atoms. The van der Waals surface area contributed by atoms with Crippen molar-refractivity contribution in [3.63, 3.8) is 0 Å². The maximum atomic E-state index is 12.4. The molecule has 1 heterocycles. The normalized spacial score (nSPS) is 16.8. The Hall–Kier alpha value is -1.66. The summed E-state index contributed by atoms with van der Waals surface area (Å²) in [6, 6.07) is 6.77. The molecule has 1 aromatic heterocycles. The zero-order chi connectivity index (χ0) is 15.6. The van der Waals surface area contributed by atoms with Gasteiger partial charge in [-0.25, -0.2) is 18.1 Å². The van der Waals surface area contributed by atoms with Crippen molar-refractivity contribution in [1.29, 1.82) is 0 Å². The third-order valence-electron chi connectivity index (χ3n) is 4.00. The lowest BCUT2D eigenvalue weighted by Gasteiger charge is -2.22. The first-order chi connectivity index (χ1) is 10.5. The van der Waals surface area contributed by atoms with Gasteiger partial charge in [0, 0.05) is 18.5 Å². The second kappa shape index (κ2) is 6.22. The summed E-state index contributed by atoms with van der Waals surface area (Å²) >= 11 is 0. The molecule has 5 nitrogen and oxygen atoms in total. The highest BCUT2D eigenvalue weighted by Crippen LogP contribution is 2.23. The van der Waals surface area contributed by atoms with Gasteiger partial charge in [-0.2, -0.15) is 0 Å². The van der Waals surface area contributed by atoms with Crippen molar-refractivity contribution >= 4 is 10.0 Å². The van der Waals surface area contributed by atoms with Crippen LogP contribution in [0.5, 0.6) is 0 Å². The molecule has 118 valence electrons. The highest BCUT2D eigenvalue weighted by molar-refractivity contribution is 7.89. The molecule has 0 amide bonds. The van der Waals surface area contributed by atoms with Gasteiger partial charge >= 0.3 is 0 Å². The van der Waals surface area contributed by atoms with E-state index < -0.39 is 10.0 Å². The van der Waals surface area contributed by atoms with Crippen molar-refractivity contribution in [2.45, 2.75) is 50.0 Å². The minimum atomic E-state index is -3.45. The molecule has 2 aromatic rings. The molecular weight excluding hydrogens is 300 g/mol. The van der Waals surface area contributed by atoms with Crippen LogP contribution in [0.4, 0.5) is 0 Å². The van der Waals surface area contributed by atoms with Gasteiger partial charge in [0.2, 0.25) is 10.0 Å². The highest BCUT2D eigenvalue weighted by atomic mass is 32.2. The zero-order valence-electron chi connectivity index (χ0n) is 12.6. The molecule has 1 aromatic carbocycles. The monoisotopic (exact) mass is 320 g/mol. The summed E-state index contributed by atoms with van der Waals surface area (Å²) in [5.41, 5.74) is 0.817. The maximum Gasteiger partial charge on any atom is 0.240 e. The van der Waals surface area contributed by atoms with Crippen molar-refractivity contribution in [3.05, 3.63) is 36.4 Å². The van der Waals surface area contributed by atoms with Crippen molar-refractivity contribution in [2.24, 2.45) is 0 Å². The fourth-order valence-corrected chi connectivity index (χ4v) is 4.11. The minimum Gasteiger partial charge on any atom is -0.441 e. The Balaban J connectivity index is 1.76. The van der Waals surface area contributed by atoms with Crippen LogP contribution in [-0.2, 0) is 10.0 Å². The number of hydrogen-bond acceptors (Lipinski definition) is 4. The standard InChI is InChI=1S/C16H20N2O3S/c1-12-17-11-16(21-12)13-7-9-15(10-8-13)22(19,20)18-14-5-3-2-4-6-14/h7-11,14,18H,2-6H2,1H3. The predicted octanol–water partition coefficient (Wildman–Crippen LogP) is 3.26. The molecule has 0 aliphatic heterocycles. The Kier molecular flexibility index (Phi) is 4.31. The third kappa shape index (κ3) is 3.39. The number of aromatic nitrogens is 1. The second-order valence-electron chi connectivity index (χ2n) is 5.72. The zero-order valence-corrected chi connectivity index (χ0v) is 13.4. The SMILES string of the molecule is Cc1ncc(-c2ccc(S(=O)(=O)NC3CCCCC3)cc2)o1. The van der Waals surface area contributed by atoms with Crippen LogP contribution in [0.2, 0.25) is 0 Å². The van der Waals surface area contributed by atoms with Gasteiger partial charge in [0.05, 0.1) is 11.1 Å². The number of sulfonamides is 1. The fourth-order valence-electron chi connectivity index (χ4n) is 2.80. The quantitative estimate of drug-likeness (QED) is 0.938. The Morgan fingerprint density at radius 1 is 1.14 bits per heavy atom. The number of benzene rings is 1. The number of hydrogen-bond donors (Lipinski definition) is 1. The van der Waals surface area contributed by atoms with E-state index in [1.54, 1.807) is 37.4 Å². The summed E-state index contributed by atoms with van der Waals surface area (Å²) in [6.07, 6.45) is 6.87. The first-order valence-corrected chi connectivity index (χ1v) is 9.08. The van der Waals surface area contributed by atoms with Gasteiger partial charge in [-0.05, 0) is 37.1 Å². The lowest BCUT2D eigenvalue weighted by Crippen LogP contribution is -2.36. The van der Waals surface area contributed by atoms with Gasteiger partial charge in [-0.15, -0.1) is 0 Å². The van der Waals surface area contributed by atoms with Crippen molar-refractivity contribution in [2.75, 3.05) is 0 Å². The number of oxazole rings is 1. The van der Waals surface area contributed by atoms with Gasteiger partial charge in [0.25, 0.3) is 0 Å². The maximum absolute atomic E-state index is 12.4. The summed E-state index contributed by atoms with van der Waals surface area (Å²) in [4.78, 5) is 4.33. The van der Waals surface area contributed by atoms with E-state index in [4.69, 9.17) is 4.42 Å². The van der Waals surface area contributed by atoms with E-state index in [2.05, 4.69) is 9.71 Å². The van der Waals surface area contributed by atoms with E-state index in [-0.39, 0.29) is 10.9 Å². The molecule has 6 heteroatoms. The van der Waals surface area contributed by atoms with Crippen molar-refractivity contribution < 1.29 is 12.8 Å². The van der Waals surface area contributed by atoms with E-state index in [1.807, 2.05) is 0 Å². The number of nitrogens with zero attached hydrogens (tertiary/aromatic N) is 1. The third-order valence-corrected chi connectivity index (χ3v) is 5.53. The van der Waals surface area contributed by atoms with Crippen LogP contribution < -0.4 is 4.72 Å². The Morgan fingerprint density at radius 3 is 2.41 bits per heavy atom. The molecular formula is C16H20N2O3S. The first-order valence-electron chi connectivity index (χ1n) is 7.60. The molecule has 22 heavy (non-hydrogen) atoms. The molecule has 0 spiro atoms. The van der Waals surface area contributed by atoms with Crippen LogP contribution in [0.15, 0.2) is 39.8 Å². The Labute approximate surface area is 130 Å². The summed E-state index contributed by atoms with van der Waals surface area (Å²) < 4.78 is 33.1. The van der Waals surface area contributed by atoms with Gasteiger partial charge < -0.3 is 4.42 Å². The molecule has 1 saturated carbocycles. The van der Waals surface area contributed by atoms with Crippen molar-refractivity contribution in [3.8, 4) is 11.3 Å². The predicted molar refractivity (Wildman–Crippen MR) is 83.9 cm³/mol. The molecule has 0 radical (unpaired) electrons. The lowest BCUT2D eigenvalue weighted by atomic mass is 9.96. The molecule has 1 fully saturated rings. The van der Waals surface area contributed by atoms with E-state index in [1.165, 1.54) is 6.42 Å². The molecule has 0 atom stereocenters. The average Bonchev–Trinajstić information content (AvgIpc) is 2.95. The number of nitrogens with one attached hydrogen (secondary N) is 1. The topological polar surface area (TPSA) is 72.2 Å². The van der Waals surface area contributed by atoms with E-state index in [0.29, 0.717) is 11.7 Å². The largest absolute Gasteiger partial charge is 0.441 e. The smallest absolute Gasteiger partial charge is 0.240 e. The summed E-state index contributed by atoms with van der Waals surface area (Å²) in [5, 5.41) is 0. The summed E-state index contributed by atoms with van der Waals surface area (Å²) in [6.45, 7) is 1.77. The first kappa shape index (κ1) is 15.2. The van der Waals surface area contributed by atoms with Gasteiger partial charge in [-0.1, -0.05) is 19.3 Å². The van der Waals surface area contributed by atoms with Crippen LogP contribution in [0.1, 0.15) is 38.0 Å². The Morgan fingerprint density at radius 2 is 1.82 bits per heavy atom. The molecule has 0 saturated heterocycles. The second-order valence-corrected chi connectivity index (χ2v) is 7.44. The fraction of sp³-hybridized carbons (Fsp3) is 0.438. The van der Waals surface area contributed by atoms with Gasteiger partial charge in [-0.3, -0.25) is 0 Å². The molecule has 1 N–H and O–H groups in total. The summed E-state index contributed by atoms with van der Waals surface area (Å²) in [5.74, 6) is 1.23. The summed E-state index contributed by atoms with van der Waals surface area (Å²) in [7, 11) is -3.45. The molecule has 3 rings (SSSR count). The number of aryl methyl sites for hydroxylation is 1. The van der Waals surface area contributed by atoms with Crippen LogP contribution >= 0.6 is 0 Å². The lowest BCUT2D eigenvalue weighted by molar-refractivity contribution is 0.412. The van der Waals surface area contributed by atoms with Gasteiger partial charge in [0.1, 0.15) is 0 Å². The van der Waals surface area contributed by atoms with E-state index >= 15 is 0 Å². The van der Waals surface area contributed by atoms with E-state index in [9.17, 15) is 8.42 Å². The molecule has 1 aliphatic carbocycles. The minimum absolute atomic E-state index is 0.0651. The molecule has 1 aliphatic rings. The Bertz CT molecular complexity index is 729. The average molecular weight is 320 g/mol. The van der Waals surface area contributed by atoms with Crippen LogP contribution in [0.3, 0.4) is 0 Å². The molecule has 0 unspecified atom stereocenters.